The molecule has 1 aromatic carbocycles. The Balaban J connectivity index is 1.17. The highest BCUT2D eigenvalue weighted by Gasteiger charge is 2.50. The fourth-order valence-corrected chi connectivity index (χ4v) is 6.43. The van der Waals surface area contributed by atoms with Crippen LogP contribution in [0, 0.1) is 17.6 Å². The molecule has 4 heterocycles. The van der Waals surface area contributed by atoms with E-state index in [2.05, 4.69) is 10.3 Å². The third-order valence-corrected chi connectivity index (χ3v) is 10.1. The molecule has 0 radical (unpaired) electrons. The number of rotatable bonds is 10. The SMILES string of the molecule is C[C@]1(C(N)=O)COc2c1cc(C(O)(CNC(=O)c1cc(OC3CC3)c3nc(C4CC4)cn3c1)C1CC1)nc2-c1ccc(F)c(Cl)c1F. The number of ether oxygens (including phenoxy) is 2. The van der Waals surface area contributed by atoms with Crippen LogP contribution in [-0.4, -0.2) is 50.5 Å². The van der Waals surface area contributed by atoms with Crippen LogP contribution in [0.2, 0.25) is 5.02 Å². The van der Waals surface area contributed by atoms with Crippen LogP contribution in [0.25, 0.3) is 16.9 Å². The third-order valence-electron chi connectivity index (χ3n) is 9.73. The van der Waals surface area contributed by atoms with Crippen molar-refractivity contribution in [2.45, 2.75) is 68.5 Å². The summed E-state index contributed by atoms with van der Waals surface area (Å²) in [5.74, 6) is -2.43. The molecule has 3 saturated carbocycles. The average molecular weight is 664 g/mol. The van der Waals surface area contributed by atoms with Crippen LogP contribution in [0.3, 0.4) is 0 Å². The monoisotopic (exact) mass is 663 g/mol. The van der Waals surface area contributed by atoms with E-state index in [1.54, 1.807) is 19.2 Å². The Bertz CT molecular complexity index is 1990. The lowest BCUT2D eigenvalue weighted by atomic mass is 9.81. The van der Waals surface area contributed by atoms with Gasteiger partial charge >= 0.3 is 0 Å². The van der Waals surface area contributed by atoms with Gasteiger partial charge in [-0.05, 0) is 75.6 Å². The Morgan fingerprint density at radius 2 is 1.94 bits per heavy atom. The molecule has 47 heavy (non-hydrogen) atoms. The summed E-state index contributed by atoms with van der Waals surface area (Å²) in [6, 6.07) is 5.38. The van der Waals surface area contributed by atoms with Crippen LogP contribution in [0.4, 0.5) is 8.78 Å². The number of carbonyl (C=O) groups is 2. The molecule has 4 aliphatic rings. The molecule has 3 fully saturated rings. The minimum Gasteiger partial charge on any atom is -0.489 e. The summed E-state index contributed by atoms with van der Waals surface area (Å²) in [5.41, 5.74) is 4.85. The number of amides is 2. The number of nitrogens with one attached hydrogen (secondary N) is 1. The number of aromatic nitrogens is 3. The van der Waals surface area contributed by atoms with E-state index in [4.69, 9.17) is 31.8 Å². The number of aliphatic hydroxyl groups is 1. The fourth-order valence-electron chi connectivity index (χ4n) is 6.26. The molecule has 244 valence electrons. The largest absolute Gasteiger partial charge is 0.489 e. The number of hydrogen-bond acceptors (Lipinski definition) is 7. The number of imidazole rings is 1. The van der Waals surface area contributed by atoms with Crippen molar-refractivity contribution in [3.8, 4) is 22.8 Å². The number of carbonyl (C=O) groups excluding carboxylic acids is 2. The molecular weight excluding hydrogens is 632 g/mol. The number of benzene rings is 1. The third kappa shape index (κ3) is 5.09. The highest BCUT2D eigenvalue weighted by Crippen LogP contribution is 2.50. The Labute approximate surface area is 273 Å². The maximum atomic E-state index is 15.4. The number of pyridine rings is 2. The zero-order valence-electron chi connectivity index (χ0n) is 25.5. The van der Waals surface area contributed by atoms with Crippen LogP contribution in [0.5, 0.6) is 11.5 Å². The molecule has 13 heteroatoms. The molecule has 3 aromatic heterocycles. The zero-order valence-corrected chi connectivity index (χ0v) is 26.2. The average Bonchev–Trinajstić information content (AvgIpc) is 3.93. The first-order valence-electron chi connectivity index (χ1n) is 15.8. The minimum absolute atomic E-state index is 0.0637. The Morgan fingerprint density at radius 3 is 2.62 bits per heavy atom. The summed E-state index contributed by atoms with van der Waals surface area (Å²) in [5, 5.41) is 14.4. The molecule has 1 aliphatic heterocycles. The first-order chi connectivity index (χ1) is 22.5. The van der Waals surface area contributed by atoms with E-state index in [0.717, 1.165) is 37.4 Å². The number of nitrogens with zero attached hydrogens (tertiary/aromatic N) is 3. The summed E-state index contributed by atoms with van der Waals surface area (Å²) < 4.78 is 43.3. The first-order valence-corrected chi connectivity index (χ1v) is 16.2. The fraction of sp³-hybridized carbons (Fsp3) is 0.412. The van der Waals surface area contributed by atoms with Crippen LogP contribution in [0.15, 0.2) is 36.7 Å². The van der Waals surface area contributed by atoms with Gasteiger partial charge in [0.25, 0.3) is 5.91 Å². The van der Waals surface area contributed by atoms with Gasteiger partial charge in [0, 0.05) is 29.4 Å². The van der Waals surface area contributed by atoms with E-state index in [0.29, 0.717) is 41.3 Å². The summed E-state index contributed by atoms with van der Waals surface area (Å²) in [4.78, 5) is 35.8. The second-order valence-electron chi connectivity index (χ2n) is 13.4. The lowest BCUT2D eigenvalue weighted by molar-refractivity contribution is -0.123. The van der Waals surface area contributed by atoms with Crippen LogP contribution in [-0.2, 0) is 15.8 Å². The predicted molar refractivity (Wildman–Crippen MR) is 166 cm³/mol. The Hall–Kier alpha value is -4.29. The van der Waals surface area contributed by atoms with Gasteiger partial charge in [-0.15, -0.1) is 0 Å². The van der Waals surface area contributed by atoms with E-state index in [1.807, 2.05) is 10.6 Å². The van der Waals surface area contributed by atoms with Gasteiger partial charge in [0.05, 0.1) is 29.6 Å². The van der Waals surface area contributed by atoms with Gasteiger partial charge in [0.2, 0.25) is 5.91 Å². The molecule has 3 aliphatic carbocycles. The topological polar surface area (TPSA) is 141 Å². The lowest BCUT2D eigenvalue weighted by Gasteiger charge is -2.30. The van der Waals surface area contributed by atoms with Gasteiger partial charge in [-0.2, -0.15) is 0 Å². The zero-order chi connectivity index (χ0) is 32.8. The summed E-state index contributed by atoms with van der Waals surface area (Å²) >= 11 is 5.92. The van der Waals surface area contributed by atoms with Gasteiger partial charge in [-0.3, -0.25) is 9.59 Å². The van der Waals surface area contributed by atoms with Crippen molar-refractivity contribution in [2.24, 2.45) is 11.7 Å². The number of halogens is 3. The number of nitrogens with two attached hydrogens (primary N) is 1. The number of primary amides is 1. The van der Waals surface area contributed by atoms with Crippen molar-refractivity contribution in [1.29, 1.82) is 0 Å². The molecule has 1 unspecified atom stereocenters. The van der Waals surface area contributed by atoms with Crippen molar-refractivity contribution in [3.63, 3.8) is 0 Å². The molecule has 2 atom stereocenters. The molecule has 2 amide bonds. The molecule has 0 bridgehead atoms. The molecule has 0 saturated heterocycles. The van der Waals surface area contributed by atoms with Crippen LogP contribution >= 0.6 is 11.6 Å². The highest BCUT2D eigenvalue weighted by molar-refractivity contribution is 6.31. The van der Waals surface area contributed by atoms with Crippen molar-refractivity contribution >= 4 is 29.1 Å². The van der Waals surface area contributed by atoms with E-state index in [1.165, 1.54) is 12.1 Å². The number of fused-ring (bicyclic) bond motifs is 2. The van der Waals surface area contributed by atoms with E-state index in [9.17, 15) is 19.1 Å². The molecule has 4 aromatic rings. The summed E-state index contributed by atoms with van der Waals surface area (Å²) in [7, 11) is 0. The van der Waals surface area contributed by atoms with E-state index in [-0.39, 0.29) is 47.9 Å². The van der Waals surface area contributed by atoms with Gasteiger partial charge in [-0.25, -0.2) is 18.7 Å². The Morgan fingerprint density at radius 1 is 1.17 bits per heavy atom. The molecule has 0 spiro atoms. The van der Waals surface area contributed by atoms with Crippen molar-refractivity contribution < 1.29 is 33.0 Å². The van der Waals surface area contributed by atoms with Gasteiger partial charge in [0.15, 0.2) is 17.2 Å². The number of hydrogen-bond donors (Lipinski definition) is 3. The normalized spacial score (nSPS) is 21.6. The molecular formula is C34H32ClF2N5O5. The maximum absolute atomic E-state index is 15.4. The summed E-state index contributed by atoms with van der Waals surface area (Å²) in [6.45, 7) is 1.20. The van der Waals surface area contributed by atoms with E-state index >= 15 is 4.39 Å². The van der Waals surface area contributed by atoms with E-state index < -0.39 is 39.5 Å². The van der Waals surface area contributed by atoms with Gasteiger partial charge in [-0.1, -0.05) is 11.6 Å². The highest BCUT2D eigenvalue weighted by atomic mass is 35.5. The van der Waals surface area contributed by atoms with Crippen LogP contribution < -0.4 is 20.5 Å². The smallest absolute Gasteiger partial charge is 0.253 e. The first kappa shape index (κ1) is 30.1. The van der Waals surface area contributed by atoms with Crippen LogP contribution in [0.1, 0.15) is 78.7 Å². The maximum Gasteiger partial charge on any atom is 0.253 e. The van der Waals surface area contributed by atoms with Gasteiger partial charge < -0.3 is 30.0 Å². The summed E-state index contributed by atoms with van der Waals surface area (Å²) in [6.07, 6.45) is 9.05. The molecule has 8 rings (SSSR count). The predicted octanol–water partition coefficient (Wildman–Crippen LogP) is 4.91. The standard InChI is InChI=1S/C34H32ClF2N5O5/c1-33(32(38)44)15-46-29-21(33)11-25(41-28(29)20-8-9-22(36)26(35)27(20)37)34(45,18-4-5-18)14-39-31(43)17-10-24(47-19-6-7-19)30-40-23(16-2-3-16)13-42(30)12-17/h8-13,16,18-19,45H,2-7,14-15H2,1H3,(H2,38,44)(H,39,43)/t33-,34?/m0/s1. The second-order valence-corrected chi connectivity index (χ2v) is 13.8. The molecule has 10 nitrogen and oxygen atoms in total. The molecule has 4 N–H and O–H groups in total. The van der Waals surface area contributed by atoms with Crippen molar-refractivity contribution in [1.82, 2.24) is 19.7 Å². The van der Waals surface area contributed by atoms with Crippen molar-refractivity contribution in [2.75, 3.05) is 13.2 Å². The van der Waals surface area contributed by atoms with Gasteiger partial charge in [0.1, 0.15) is 39.9 Å². The second kappa shape index (κ2) is 10.6. The quantitative estimate of drug-likeness (QED) is 0.205. The van der Waals surface area contributed by atoms with Crippen molar-refractivity contribution in [3.05, 3.63) is 75.8 Å². The minimum atomic E-state index is -1.72. The Kier molecular flexibility index (Phi) is 6.79. The lowest BCUT2D eigenvalue weighted by Crippen LogP contribution is -2.44.